The van der Waals surface area contributed by atoms with Crippen LogP contribution in [-0.2, 0) is 11.3 Å². The van der Waals surface area contributed by atoms with Gasteiger partial charge in [0.1, 0.15) is 0 Å². The number of rotatable bonds is 7. The van der Waals surface area contributed by atoms with Crippen molar-refractivity contribution in [2.75, 3.05) is 20.6 Å². The second kappa shape index (κ2) is 8.91. The highest BCUT2D eigenvalue weighted by Gasteiger charge is 2.22. The van der Waals surface area contributed by atoms with Gasteiger partial charge in [0, 0.05) is 44.1 Å². The average molecular weight is 381 g/mol. The normalized spacial score (nSPS) is 14.5. The fourth-order valence-electron chi connectivity index (χ4n) is 2.32. The Morgan fingerprint density at radius 3 is 2.78 bits per heavy atom. The molecule has 1 saturated carbocycles. The summed E-state index contributed by atoms with van der Waals surface area (Å²) in [6, 6.07) is 8.61. The standard InChI is InChI=1S/C17H25BrN4O/c1-19-17(20-11-5-8-16(23)21-14-9-10-14)22(2)12-13-6-3-4-7-15(13)18/h3-4,6-7,14H,5,8-12H2,1-2H3,(H,19,20)(H,21,23). The molecule has 0 aliphatic heterocycles. The minimum atomic E-state index is 0.158. The third kappa shape index (κ3) is 6.22. The van der Waals surface area contributed by atoms with Crippen molar-refractivity contribution in [3.05, 3.63) is 34.3 Å². The Morgan fingerprint density at radius 1 is 1.39 bits per heavy atom. The highest BCUT2D eigenvalue weighted by atomic mass is 79.9. The molecular formula is C17H25BrN4O. The first-order chi connectivity index (χ1) is 11.1. The molecule has 0 saturated heterocycles. The molecule has 0 aromatic heterocycles. The highest BCUT2D eigenvalue weighted by Crippen LogP contribution is 2.19. The molecule has 1 aromatic carbocycles. The molecule has 2 rings (SSSR count). The molecule has 0 spiro atoms. The van der Waals surface area contributed by atoms with E-state index in [-0.39, 0.29) is 5.91 Å². The summed E-state index contributed by atoms with van der Waals surface area (Å²) in [7, 11) is 3.78. The highest BCUT2D eigenvalue weighted by molar-refractivity contribution is 9.10. The number of halogens is 1. The quantitative estimate of drug-likeness (QED) is 0.434. The fourth-order valence-corrected chi connectivity index (χ4v) is 2.73. The summed E-state index contributed by atoms with van der Waals surface area (Å²) in [5, 5.41) is 6.32. The van der Waals surface area contributed by atoms with Gasteiger partial charge in [-0.1, -0.05) is 34.1 Å². The van der Waals surface area contributed by atoms with E-state index in [1.165, 1.54) is 5.56 Å². The summed E-state index contributed by atoms with van der Waals surface area (Å²) < 4.78 is 1.10. The van der Waals surface area contributed by atoms with Crippen molar-refractivity contribution in [1.29, 1.82) is 0 Å². The molecule has 0 unspecified atom stereocenters. The summed E-state index contributed by atoms with van der Waals surface area (Å²) in [6.07, 6.45) is 3.64. The van der Waals surface area contributed by atoms with Crippen molar-refractivity contribution in [1.82, 2.24) is 15.5 Å². The number of nitrogens with zero attached hydrogens (tertiary/aromatic N) is 2. The van der Waals surface area contributed by atoms with Crippen LogP contribution in [0.25, 0.3) is 0 Å². The first-order valence-corrected chi connectivity index (χ1v) is 8.84. The van der Waals surface area contributed by atoms with E-state index in [0.29, 0.717) is 12.5 Å². The van der Waals surface area contributed by atoms with Crippen molar-refractivity contribution in [3.63, 3.8) is 0 Å². The minimum Gasteiger partial charge on any atom is -0.356 e. The monoisotopic (exact) mass is 380 g/mol. The van der Waals surface area contributed by atoms with Gasteiger partial charge in [0.05, 0.1) is 0 Å². The van der Waals surface area contributed by atoms with E-state index in [0.717, 1.165) is 42.8 Å². The molecule has 5 nitrogen and oxygen atoms in total. The number of carbonyl (C=O) groups is 1. The molecule has 1 aliphatic rings. The van der Waals surface area contributed by atoms with Gasteiger partial charge in [0.15, 0.2) is 5.96 Å². The Balaban J connectivity index is 1.71. The zero-order valence-electron chi connectivity index (χ0n) is 13.8. The van der Waals surface area contributed by atoms with Gasteiger partial charge in [0.25, 0.3) is 0 Å². The number of hydrogen-bond donors (Lipinski definition) is 2. The van der Waals surface area contributed by atoms with E-state index in [1.54, 1.807) is 7.05 Å². The third-order valence-electron chi connectivity index (χ3n) is 3.74. The van der Waals surface area contributed by atoms with E-state index in [2.05, 4.69) is 42.5 Å². The molecule has 1 aromatic rings. The molecule has 1 fully saturated rings. The topological polar surface area (TPSA) is 56.7 Å². The van der Waals surface area contributed by atoms with Crippen LogP contribution < -0.4 is 10.6 Å². The largest absolute Gasteiger partial charge is 0.356 e. The van der Waals surface area contributed by atoms with Crippen LogP contribution in [0.5, 0.6) is 0 Å². The Kier molecular flexibility index (Phi) is 6.89. The number of guanidine groups is 1. The van der Waals surface area contributed by atoms with Gasteiger partial charge >= 0.3 is 0 Å². The molecule has 0 bridgehead atoms. The smallest absolute Gasteiger partial charge is 0.220 e. The van der Waals surface area contributed by atoms with Crippen molar-refractivity contribution < 1.29 is 4.79 Å². The van der Waals surface area contributed by atoms with Crippen LogP contribution in [0.3, 0.4) is 0 Å². The van der Waals surface area contributed by atoms with Gasteiger partial charge in [-0.3, -0.25) is 9.79 Å². The third-order valence-corrected chi connectivity index (χ3v) is 4.52. The lowest BCUT2D eigenvalue weighted by atomic mass is 10.2. The summed E-state index contributed by atoms with van der Waals surface area (Å²) >= 11 is 3.57. The maximum atomic E-state index is 11.6. The van der Waals surface area contributed by atoms with Gasteiger partial charge in [0.2, 0.25) is 5.91 Å². The molecule has 0 atom stereocenters. The SMILES string of the molecule is CN=C(NCCCC(=O)NC1CC1)N(C)Cc1ccccc1Br. The molecule has 0 heterocycles. The summed E-state index contributed by atoms with van der Waals surface area (Å²) in [4.78, 5) is 18.0. The Hall–Kier alpha value is -1.56. The van der Waals surface area contributed by atoms with Crippen LogP contribution in [0.2, 0.25) is 0 Å². The number of benzene rings is 1. The fraction of sp³-hybridized carbons (Fsp3) is 0.529. The molecule has 126 valence electrons. The van der Waals surface area contributed by atoms with E-state index in [9.17, 15) is 4.79 Å². The van der Waals surface area contributed by atoms with E-state index in [4.69, 9.17) is 0 Å². The van der Waals surface area contributed by atoms with E-state index >= 15 is 0 Å². The summed E-state index contributed by atoms with van der Waals surface area (Å²) in [5.41, 5.74) is 1.21. The average Bonchev–Trinajstić information content (AvgIpc) is 3.33. The molecular weight excluding hydrogens is 356 g/mol. The molecule has 1 aliphatic carbocycles. The van der Waals surface area contributed by atoms with E-state index < -0.39 is 0 Å². The zero-order chi connectivity index (χ0) is 16.7. The Bertz CT molecular complexity index is 557. The van der Waals surface area contributed by atoms with Crippen molar-refractivity contribution in [2.45, 2.75) is 38.3 Å². The van der Waals surface area contributed by atoms with Crippen LogP contribution >= 0.6 is 15.9 Å². The lowest BCUT2D eigenvalue weighted by Crippen LogP contribution is -2.39. The van der Waals surface area contributed by atoms with Gasteiger partial charge in [-0.05, 0) is 30.9 Å². The minimum absolute atomic E-state index is 0.158. The molecule has 0 radical (unpaired) electrons. The Labute approximate surface area is 146 Å². The maximum Gasteiger partial charge on any atom is 0.220 e. The molecule has 2 N–H and O–H groups in total. The van der Waals surface area contributed by atoms with Crippen LogP contribution in [-0.4, -0.2) is 43.4 Å². The predicted octanol–water partition coefficient (Wildman–Crippen LogP) is 2.52. The van der Waals surface area contributed by atoms with Crippen LogP contribution in [0.4, 0.5) is 0 Å². The van der Waals surface area contributed by atoms with Gasteiger partial charge < -0.3 is 15.5 Å². The number of nitrogens with one attached hydrogen (secondary N) is 2. The van der Waals surface area contributed by atoms with Gasteiger partial charge in [-0.2, -0.15) is 0 Å². The first kappa shape index (κ1) is 17.8. The molecule has 1 amide bonds. The summed E-state index contributed by atoms with van der Waals surface area (Å²) in [6.45, 7) is 1.51. The lowest BCUT2D eigenvalue weighted by molar-refractivity contribution is -0.121. The first-order valence-electron chi connectivity index (χ1n) is 8.04. The molecule has 6 heteroatoms. The Morgan fingerprint density at radius 2 is 2.13 bits per heavy atom. The van der Waals surface area contributed by atoms with Crippen LogP contribution in [0, 0.1) is 0 Å². The van der Waals surface area contributed by atoms with E-state index in [1.807, 2.05) is 25.2 Å². The van der Waals surface area contributed by atoms with Gasteiger partial charge in [-0.25, -0.2) is 0 Å². The predicted molar refractivity (Wildman–Crippen MR) is 97.4 cm³/mol. The number of carbonyl (C=O) groups excluding carboxylic acids is 1. The second-order valence-electron chi connectivity index (χ2n) is 5.87. The number of amides is 1. The van der Waals surface area contributed by atoms with Crippen molar-refractivity contribution in [3.8, 4) is 0 Å². The van der Waals surface area contributed by atoms with Crippen molar-refractivity contribution in [2.24, 2.45) is 4.99 Å². The van der Waals surface area contributed by atoms with Gasteiger partial charge in [-0.15, -0.1) is 0 Å². The number of aliphatic imine (C=N–C) groups is 1. The van der Waals surface area contributed by atoms with Crippen LogP contribution in [0.15, 0.2) is 33.7 Å². The lowest BCUT2D eigenvalue weighted by Gasteiger charge is -2.22. The van der Waals surface area contributed by atoms with Crippen molar-refractivity contribution >= 4 is 27.8 Å². The van der Waals surface area contributed by atoms with Crippen LogP contribution in [0.1, 0.15) is 31.2 Å². The second-order valence-corrected chi connectivity index (χ2v) is 6.72. The number of hydrogen-bond acceptors (Lipinski definition) is 2. The summed E-state index contributed by atoms with van der Waals surface area (Å²) in [5.74, 6) is 0.995. The zero-order valence-corrected chi connectivity index (χ0v) is 15.4. The molecule has 23 heavy (non-hydrogen) atoms. The maximum absolute atomic E-state index is 11.6.